The fraction of sp³-hybridized carbons (Fsp3) is 0.174. The minimum atomic E-state index is 0.00405. The lowest BCUT2D eigenvalue weighted by molar-refractivity contribution is -0.115. The van der Waals surface area contributed by atoms with Crippen LogP contribution in [0.3, 0.4) is 0 Å². The number of carbonyl (C=O) groups excluding carboxylic acids is 1. The highest BCUT2D eigenvalue weighted by atomic mass is 16.5. The van der Waals surface area contributed by atoms with E-state index in [1.54, 1.807) is 0 Å². The van der Waals surface area contributed by atoms with Gasteiger partial charge in [-0.2, -0.15) is 0 Å². The van der Waals surface area contributed by atoms with Crippen LogP contribution in [0.15, 0.2) is 72.8 Å². The van der Waals surface area contributed by atoms with E-state index in [1.165, 1.54) is 11.1 Å². The number of hydrogen-bond acceptors (Lipinski definition) is 2. The Kier molecular flexibility index (Phi) is 4.69. The van der Waals surface area contributed by atoms with Crippen LogP contribution in [0.5, 0.6) is 5.75 Å². The Labute approximate surface area is 153 Å². The molecular weight excluding hydrogens is 322 g/mol. The number of nitrogens with one attached hydrogen (secondary N) is 1. The summed E-state index contributed by atoms with van der Waals surface area (Å²) in [5.74, 6) is 0.951. The minimum Gasteiger partial charge on any atom is -0.493 e. The zero-order chi connectivity index (χ0) is 17.8. The lowest BCUT2D eigenvalue weighted by Gasteiger charge is -2.12. The van der Waals surface area contributed by atoms with Crippen LogP contribution in [0, 0.1) is 0 Å². The van der Waals surface area contributed by atoms with Crippen molar-refractivity contribution in [1.29, 1.82) is 0 Å². The summed E-state index contributed by atoms with van der Waals surface area (Å²) in [6.07, 6.45) is 2.09. The van der Waals surface area contributed by atoms with Crippen LogP contribution in [0.2, 0.25) is 0 Å². The fourth-order valence-electron chi connectivity index (χ4n) is 3.34. The Bertz CT molecular complexity index is 919. The van der Waals surface area contributed by atoms with Gasteiger partial charge in [0.1, 0.15) is 5.75 Å². The Hall–Kier alpha value is -3.07. The third kappa shape index (κ3) is 3.77. The van der Waals surface area contributed by atoms with Crippen molar-refractivity contribution in [1.82, 2.24) is 0 Å². The lowest BCUT2D eigenvalue weighted by Crippen LogP contribution is -2.15. The van der Waals surface area contributed by atoms with Crippen LogP contribution in [0.1, 0.15) is 22.3 Å². The SMILES string of the molecule is O=C(Cc1ccc2c(c1)CCO2)Nc1ccccc1Cc1ccccc1. The van der Waals surface area contributed by atoms with E-state index in [0.29, 0.717) is 6.42 Å². The molecule has 0 aromatic heterocycles. The van der Waals surface area contributed by atoms with Crippen molar-refractivity contribution in [2.45, 2.75) is 19.3 Å². The van der Waals surface area contributed by atoms with E-state index in [-0.39, 0.29) is 5.91 Å². The number of carbonyl (C=O) groups is 1. The van der Waals surface area contributed by atoms with Crippen LogP contribution < -0.4 is 10.1 Å². The molecule has 1 aliphatic heterocycles. The molecule has 130 valence electrons. The van der Waals surface area contributed by atoms with Gasteiger partial charge in [0, 0.05) is 12.1 Å². The number of amides is 1. The average Bonchev–Trinajstić information content (AvgIpc) is 3.12. The third-order valence-corrected chi connectivity index (χ3v) is 4.65. The van der Waals surface area contributed by atoms with E-state index >= 15 is 0 Å². The molecule has 4 rings (SSSR count). The van der Waals surface area contributed by atoms with E-state index in [2.05, 4.69) is 29.6 Å². The van der Waals surface area contributed by atoms with Gasteiger partial charge in [-0.05, 0) is 40.8 Å². The molecule has 1 amide bonds. The number of benzene rings is 3. The van der Waals surface area contributed by atoms with Crippen LogP contribution in [0.25, 0.3) is 0 Å². The third-order valence-electron chi connectivity index (χ3n) is 4.65. The van der Waals surface area contributed by atoms with Gasteiger partial charge in [0.2, 0.25) is 5.91 Å². The smallest absolute Gasteiger partial charge is 0.228 e. The minimum absolute atomic E-state index is 0.00405. The van der Waals surface area contributed by atoms with Gasteiger partial charge in [0.25, 0.3) is 0 Å². The monoisotopic (exact) mass is 343 g/mol. The van der Waals surface area contributed by atoms with Crippen molar-refractivity contribution >= 4 is 11.6 Å². The van der Waals surface area contributed by atoms with E-state index in [4.69, 9.17) is 4.74 Å². The predicted molar refractivity (Wildman–Crippen MR) is 104 cm³/mol. The van der Waals surface area contributed by atoms with Gasteiger partial charge in [0.15, 0.2) is 0 Å². The summed E-state index contributed by atoms with van der Waals surface area (Å²) in [6.45, 7) is 0.734. The van der Waals surface area contributed by atoms with E-state index in [1.807, 2.05) is 48.5 Å². The molecular formula is C23H21NO2. The van der Waals surface area contributed by atoms with Crippen LogP contribution >= 0.6 is 0 Å². The summed E-state index contributed by atoms with van der Waals surface area (Å²) in [5, 5.41) is 3.08. The van der Waals surface area contributed by atoms with Gasteiger partial charge < -0.3 is 10.1 Å². The van der Waals surface area contributed by atoms with Gasteiger partial charge in [0.05, 0.1) is 13.0 Å². The van der Waals surface area contributed by atoms with Crippen LogP contribution in [0.4, 0.5) is 5.69 Å². The zero-order valence-corrected chi connectivity index (χ0v) is 14.6. The molecule has 0 bridgehead atoms. The first-order valence-corrected chi connectivity index (χ1v) is 8.94. The molecule has 1 aliphatic rings. The van der Waals surface area contributed by atoms with Crippen molar-refractivity contribution in [3.63, 3.8) is 0 Å². The molecule has 0 spiro atoms. The first kappa shape index (κ1) is 16.4. The second-order valence-corrected chi connectivity index (χ2v) is 6.59. The second kappa shape index (κ2) is 7.44. The molecule has 0 unspecified atom stereocenters. The summed E-state index contributed by atoms with van der Waals surface area (Å²) in [6, 6.07) is 24.3. The molecule has 3 aromatic carbocycles. The molecule has 1 N–H and O–H groups in total. The van der Waals surface area contributed by atoms with Gasteiger partial charge in [-0.3, -0.25) is 4.79 Å². The topological polar surface area (TPSA) is 38.3 Å². The Morgan fingerprint density at radius 3 is 2.62 bits per heavy atom. The molecule has 3 nitrogen and oxygen atoms in total. The number of para-hydroxylation sites is 1. The molecule has 3 aromatic rings. The van der Waals surface area contributed by atoms with Crippen molar-refractivity contribution in [3.8, 4) is 5.75 Å². The number of ether oxygens (including phenoxy) is 1. The number of fused-ring (bicyclic) bond motifs is 1. The molecule has 0 radical (unpaired) electrons. The quantitative estimate of drug-likeness (QED) is 0.746. The maximum Gasteiger partial charge on any atom is 0.228 e. The van der Waals surface area contributed by atoms with Crippen molar-refractivity contribution in [2.24, 2.45) is 0 Å². The maximum atomic E-state index is 12.5. The maximum absolute atomic E-state index is 12.5. The number of anilines is 1. The standard InChI is InChI=1S/C23H21NO2/c25-23(16-18-10-11-22-20(15-18)12-13-26-22)24-21-9-5-4-8-19(21)14-17-6-2-1-3-7-17/h1-11,15H,12-14,16H2,(H,24,25). The summed E-state index contributed by atoms with van der Waals surface area (Å²) < 4.78 is 5.53. The average molecular weight is 343 g/mol. The summed E-state index contributed by atoms with van der Waals surface area (Å²) >= 11 is 0. The molecule has 0 saturated heterocycles. The van der Waals surface area contributed by atoms with Crippen molar-refractivity contribution in [3.05, 3.63) is 95.1 Å². The predicted octanol–water partition coefficient (Wildman–Crippen LogP) is 4.39. The van der Waals surface area contributed by atoms with E-state index < -0.39 is 0 Å². The fourth-order valence-corrected chi connectivity index (χ4v) is 3.34. The molecule has 26 heavy (non-hydrogen) atoms. The number of hydrogen-bond donors (Lipinski definition) is 1. The van der Waals surface area contributed by atoms with Gasteiger partial charge in [-0.1, -0.05) is 60.7 Å². The van der Waals surface area contributed by atoms with Crippen LogP contribution in [-0.2, 0) is 24.1 Å². The first-order chi connectivity index (χ1) is 12.8. The molecule has 1 heterocycles. The van der Waals surface area contributed by atoms with E-state index in [9.17, 15) is 4.79 Å². The summed E-state index contributed by atoms with van der Waals surface area (Å²) in [7, 11) is 0. The highest BCUT2D eigenvalue weighted by molar-refractivity contribution is 5.93. The second-order valence-electron chi connectivity index (χ2n) is 6.59. The van der Waals surface area contributed by atoms with Gasteiger partial charge in [-0.15, -0.1) is 0 Å². The normalized spacial score (nSPS) is 12.3. The summed E-state index contributed by atoms with van der Waals surface area (Å²) in [4.78, 5) is 12.5. The molecule has 0 atom stereocenters. The Morgan fingerprint density at radius 1 is 0.923 bits per heavy atom. The lowest BCUT2D eigenvalue weighted by atomic mass is 10.0. The largest absolute Gasteiger partial charge is 0.493 e. The Morgan fingerprint density at radius 2 is 1.73 bits per heavy atom. The van der Waals surface area contributed by atoms with Gasteiger partial charge in [-0.25, -0.2) is 0 Å². The van der Waals surface area contributed by atoms with E-state index in [0.717, 1.165) is 42.0 Å². The highest BCUT2D eigenvalue weighted by Crippen LogP contribution is 2.26. The highest BCUT2D eigenvalue weighted by Gasteiger charge is 2.14. The molecule has 3 heteroatoms. The number of rotatable bonds is 5. The van der Waals surface area contributed by atoms with Crippen molar-refractivity contribution in [2.75, 3.05) is 11.9 Å². The van der Waals surface area contributed by atoms with Crippen molar-refractivity contribution < 1.29 is 9.53 Å². The summed E-state index contributed by atoms with van der Waals surface area (Å²) in [5.41, 5.74) is 5.44. The molecule has 0 aliphatic carbocycles. The molecule has 0 saturated carbocycles. The molecule has 0 fully saturated rings. The zero-order valence-electron chi connectivity index (χ0n) is 14.6. The first-order valence-electron chi connectivity index (χ1n) is 8.94. The Balaban J connectivity index is 1.46. The van der Waals surface area contributed by atoms with Gasteiger partial charge >= 0.3 is 0 Å². The van der Waals surface area contributed by atoms with Crippen LogP contribution in [-0.4, -0.2) is 12.5 Å².